The summed E-state index contributed by atoms with van der Waals surface area (Å²) in [6.07, 6.45) is 3.12. The van der Waals surface area contributed by atoms with Gasteiger partial charge in [-0.1, -0.05) is 13.3 Å². The monoisotopic (exact) mass is 315 g/mol. The highest BCUT2D eigenvalue weighted by molar-refractivity contribution is 7.91. The SMILES string of the molecule is CCCCn1nc(N2CCN[C@@H](C)C2)c(S(C)(=O)=O)c1N. The normalized spacial score (nSPS) is 20.0. The van der Waals surface area contributed by atoms with Crippen LogP contribution < -0.4 is 16.0 Å². The van der Waals surface area contributed by atoms with E-state index in [1.165, 1.54) is 6.26 Å². The summed E-state index contributed by atoms with van der Waals surface area (Å²) in [4.78, 5) is 2.18. The molecular weight excluding hydrogens is 290 g/mol. The number of nitrogens with two attached hydrogens (primary N) is 1. The Labute approximate surface area is 126 Å². The third-order valence-electron chi connectivity index (χ3n) is 3.69. The zero-order valence-electron chi connectivity index (χ0n) is 13.0. The standard InChI is InChI=1S/C13H25N5O2S/c1-4-5-7-18-12(14)11(21(3,19)20)13(16-18)17-8-6-15-10(2)9-17/h10,15H,4-9,14H2,1-3H3/t10-/m0/s1. The van der Waals surface area contributed by atoms with E-state index in [2.05, 4.69) is 24.3 Å². The molecule has 1 aromatic rings. The number of aryl methyl sites for hydroxylation is 1. The predicted octanol–water partition coefficient (Wildman–Crippen LogP) is 0.467. The summed E-state index contributed by atoms with van der Waals surface area (Å²) in [5.41, 5.74) is 6.05. The lowest BCUT2D eigenvalue weighted by Gasteiger charge is -2.32. The molecule has 1 atom stereocenters. The summed E-state index contributed by atoms with van der Waals surface area (Å²) >= 11 is 0. The van der Waals surface area contributed by atoms with E-state index in [9.17, 15) is 8.42 Å². The molecule has 7 nitrogen and oxygen atoms in total. The van der Waals surface area contributed by atoms with E-state index in [1.807, 2.05) is 4.90 Å². The lowest BCUT2D eigenvalue weighted by Crippen LogP contribution is -2.49. The Morgan fingerprint density at radius 2 is 2.19 bits per heavy atom. The van der Waals surface area contributed by atoms with Gasteiger partial charge in [0, 0.05) is 38.5 Å². The van der Waals surface area contributed by atoms with Crippen molar-refractivity contribution in [2.75, 3.05) is 36.5 Å². The predicted molar refractivity (Wildman–Crippen MR) is 84.3 cm³/mol. The molecule has 2 heterocycles. The minimum absolute atomic E-state index is 0.174. The van der Waals surface area contributed by atoms with Crippen molar-refractivity contribution in [2.24, 2.45) is 0 Å². The summed E-state index contributed by atoms with van der Waals surface area (Å²) in [7, 11) is -3.41. The number of hydrogen-bond acceptors (Lipinski definition) is 6. The van der Waals surface area contributed by atoms with Crippen molar-refractivity contribution in [3.8, 4) is 0 Å². The summed E-state index contributed by atoms with van der Waals surface area (Å²) in [6, 6.07) is 0.299. The molecule has 1 aliphatic rings. The molecule has 1 aliphatic heterocycles. The van der Waals surface area contributed by atoms with Crippen LogP contribution in [0.4, 0.5) is 11.6 Å². The molecule has 0 amide bonds. The number of nitrogen functional groups attached to an aromatic ring is 1. The Morgan fingerprint density at radius 1 is 1.48 bits per heavy atom. The lowest BCUT2D eigenvalue weighted by atomic mass is 10.2. The van der Waals surface area contributed by atoms with E-state index in [-0.39, 0.29) is 10.7 Å². The van der Waals surface area contributed by atoms with E-state index in [1.54, 1.807) is 4.68 Å². The second-order valence-corrected chi connectivity index (χ2v) is 7.64. The van der Waals surface area contributed by atoms with Crippen LogP contribution in [0.15, 0.2) is 4.90 Å². The van der Waals surface area contributed by atoms with Gasteiger partial charge in [0.25, 0.3) is 0 Å². The molecule has 1 saturated heterocycles. The maximum Gasteiger partial charge on any atom is 0.182 e. The molecule has 0 radical (unpaired) electrons. The second-order valence-electron chi connectivity index (χ2n) is 5.69. The van der Waals surface area contributed by atoms with Gasteiger partial charge in [0.1, 0.15) is 5.82 Å². The number of aromatic nitrogens is 2. The Kier molecular flexibility index (Phi) is 4.77. The van der Waals surface area contributed by atoms with Crippen LogP contribution in [0.2, 0.25) is 0 Å². The first-order valence-corrected chi connectivity index (χ1v) is 9.28. The van der Waals surface area contributed by atoms with E-state index >= 15 is 0 Å². The molecule has 1 aromatic heterocycles. The number of nitrogens with zero attached hydrogens (tertiary/aromatic N) is 3. The molecule has 1 fully saturated rings. The van der Waals surface area contributed by atoms with Gasteiger partial charge in [0.15, 0.2) is 20.6 Å². The highest BCUT2D eigenvalue weighted by atomic mass is 32.2. The third-order valence-corrected chi connectivity index (χ3v) is 4.83. The largest absolute Gasteiger partial charge is 0.383 e. The first-order chi connectivity index (χ1) is 9.84. The number of piperazine rings is 1. The molecule has 0 bridgehead atoms. The van der Waals surface area contributed by atoms with Crippen molar-refractivity contribution in [3.05, 3.63) is 0 Å². The van der Waals surface area contributed by atoms with Gasteiger partial charge >= 0.3 is 0 Å². The maximum atomic E-state index is 12.1. The number of hydrogen-bond donors (Lipinski definition) is 2. The molecular formula is C13H25N5O2S. The van der Waals surface area contributed by atoms with Crippen LogP contribution in [-0.4, -0.2) is 50.1 Å². The van der Waals surface area contributed by atoms with Gasteiger partial charge in [-0.2, -0.15) is 5.10 Å². The third kappa shape index (κ3) is 3.49. The molecule has 21 heavy (non-hydrogen) atoms. The smallest absolute Gasteiger partial charge is 0.182 e. The molecule has 2 rings (SSSR count). The Morgan fingerprint density at radius 3 is 2.76 bits per heavy atom. The Hall–Kier alpha value is -1.28. The van der Waals surface area contributed by atoms with Crippen molar-refractivity contribution < 1.29 is 8.42 Å². The molecule has 0 aromatic carbocycles. The van der Waals surface area contributed by atoms with Crippen LogP contribution in [0.1, 0.15) is 26.7 Å². The van der Waals surface area contributed by atoms with Crippen LogP contribution in [0, 0.1) is 0 Å². The van der Waals surface area contributed by atoms with Crippen molar-refractivity contribution in [3.63, 3.8) is 0 Å². The first-order valence-electron chi connectivity index (χ1n) is 7.39. The van der Waals surface area contributed by atoms with E-state index in [0.29, 0.717) is 18.4 Å². The number of unbranched alkanes of at least 4 members (excludes halogenated alkanes) is 1. The summed E-state index contributed by atoms with van der Waals surface area (Å²) in [6.45, 7) is 7.07. The van der Waals surface area contributed by atoms with Crippen molar-refractivity contribution in [1.82, 2.24) is 15.1 Å². The van der Waals surface area contributed by atoms with Gasteiger partial charge in [-0.05, 0) is 13.3 Å². The Balaban J connectivity index is 2.43. The fraction of sp³-hybridized carbons (Fsp3) is 0.769. The molecule has 120 valence electrons. The van der Waals surface area contributed by atoms with Crippen LogP contribution in [0.5, 0.6) is 0 Å². The maximum absolute atomic E-state index is 12.1. The quantitative estimate of drug-likeness (QED) is 0.820. The molecule has 0 aliphatic carbocycles. The van der Waals surface area contributed by atoms with Gasteiger partial charge in [0.05, 0.1) is 0 Å². The van der Waals surface area contributed by atoms with E-state index in [4.69, 9.17) is 5.73 Å². The number of rotatable bonds is 5. The van der Waals surface area contributed by atoms with Gasteiger partial charge in [-0.3, -0.25) is 0 Å². The Bertz CT molecular complexity index is 596. The first kappa shape index (κ1) is 16.1. The summed E-state index contributed by atoms with van der Waals surface area (Å²) in [5, 5.41) is 7.82. The van der Waals surface area contributed by atoms with Gasteiger partial charge in [-0.25, -0.2) is 13.1 Å². The minimum Gasteiger partial charge on any atom is -0.383 e. The average molecular weight is 315 g/mol. The average Bonchev–Trinajstić information content (AvgIpc) is 2.73. The van der Waals surface area contributed by atoms with Crippen molar-refractivity contribution in [2.45, 2.75) is 44.2 Å². The van der Waals surface area contributed by atoms with Crippen LogP contribution in [-0.2, 0) is 16.4 Å². The fourth-order valence-electron chi connectivity index (χ4n) is 2.61. The number of sulfone groups is 1. The zero-order valence-corrected chi connectivity index (χ0v) is 13.8. The topological polar surface area (TPSA) is 93.2 Å². The van der Waals surface area contributed by atoms with Crippen LogP contribution in [0.25, 0.3) is 0 Å². The molecule has 3 N–H and O–H groups in total. The van der Waals surface area contributed by atoms with E-state index < -0.39 is 9.84 Å². The van der Waals surface area contributed by atoms with Crippen molar-refractivity contribution in [1.29, 1.82) is 0 Å². The lowest BCUT2D eigenvalue weighted by molar-refractivity contribution is 0.477. The number of anilines is 2. The van der Waals surface area contributed by atoms with E-state index in [0.717, 1.165) is 32.5 Å². The highest BCUT2D eigenvalue weighted by Crippen LogP contribution is 2.30. The van der Waals surface area contributed by atoms with Crippen LogP contribution in [0.3, 0.4) is 0 Å². The molecule has 0 unspecified atom stereocenters. The highest BCUT2D eigenvalue weighted by Gasteiger charge is 2.29. The molecule has 0 spiro atoms. The van der Waals surface area contributed by atoms with Gasteiger partial charge in [0.2, 0.25) is 0 Å². The van der Waals surface area contributed by atoms with Crippen LogP contribution >= 0.6 is 0 Å². The number of nitrogens with one attached hydrogen (secondary N) is 1. The molecule has 8 heteroatoms. The zero-order chi connectivity index (χ0) is 15.6. The second kappa shape index (κ2) is 6.23. The molecule has 0 saturated carbocycles. The summed E-state index contributed by atoms with van der Waals surface area (Å²) < 4.78 is 25.8. The summed E-state index contributed by atoms with van der Waals surface area (Å²) in [5.74, 6) is 0.756. The van der Waals surface area contributed by atoms with Gasteiger partial charge in [-0.15, -0.1) is 0 Å². The van der Waals surface area contributed by atoms with Gasteiger partial charge < -0.3 is 16.0 Å². The fourth-order valence-corrected chi connectivity index (χ4v) is 3.60. The minimum atomic E-state index is -3.41. The van der Waals surface area contributed by atoms with Crippen molar-refractivity contribution >= 4 is 21.5 Å².